The fourth-order valence-corrected chi connectivity index (χ4v) is 2.66. The van der Waals surface area contributed by atoms with Gasteiger partial charge in [-0.25, -0.2) is 0 Å². The minimum absolute atomic E-state index is 0.00855. The molecule has 0 saturated heterocycles. The lowest BCUT2D eigenvalue weighted by Crippen LogP contribution is -2.30. The van der Waals surface area contributed by atoms with Crippen molar-refractivity contribution in [3.63, 3.8) is 0 Å². The van der Waals surface area contributed by atoms with E-state index in [2.05, 4.69) is 15.5 Å². The molecule has 3 rings (SSSR count). The molecule has 0 aliphatic carbocycles. The van der Waals surface area contributed by atoms with Gasteiger partial charge in [0.25, 0.3) is 5.69 Å². The number of aromatic nitrogens is 2. The van der Waals surface area contributed by atoms with E-state index in [4.69, 9.17) is 4.52 Å². The minimum atomic E-state index is -0.473. The molecule has 29 heavy (non-hydrogen) atoms. The quantitative estimate of drug-likeness (QED) is 0.367. The lowest BCUT2D eigenvalue weighted by molar-refractivity contribution is -0.384. The Kier molecular flexibility index (Phi) is 6.13. The largest absolute Gasteiger partial charge is 0.340 e. The van der Waals surface area contributed by atoms with Crippen molar-refractivity contribution in [2.75, 3.05) is 0 Å². The van der Waals surface area contributed by atoms with Crippen molar-refractivity contribution in [2.24, 2.45) is 5.92 Å². The van der Waals surface area contributed by atoms with Crippen LogP contribution in [-0.4, -0.2) is 21.0 Å². The Hall–Kier alpha value is -3.81. The zero-order valence-corrected chi connectivity index (χ0v) is 16.0. The summed E-state index contributed by atoms with van der Waals surface area (Å²) >= 11 is 0. The predicted octanol–water partition coefficient (Wildman–Crippen LogP) is 4.17. The molecule has 0 aliphatic heterocycles. The van der Waals surface area contributed by atoms with Gasteiger partial charge in [-0.05, 0) is 29.7 Å². The molecule has 0 spiro atoms. The number of benzene rings is 2. The van der Waals surface area contributed by atoms with Crippen LogP contribution in [0.2, 0.25) is 0 Å². The number of carbonyl (C=O) groups excluding carboxylic acids is 1. The summed E-state index contributed by atoms with van der Waals surface area (Å²) in [5.74, 6) is 0.307. The summed E-state index contributed by atoms with van der Waals surface area (Å²) in [4.78, 5) is 27.0. The first-order chi connectivity index (χ1) is 13.9. The van der Waals surface area contributed by atoms with Crippen LogP contribution in [0.4, 0.5) is 5.69 Å². The van der Waals surface area contributed by atoms with E-state index < -0.39 is 11.0 Å². The highest BCUT2D eigenvalue weighted by molar-refractivity contribution is 5.91. The van der Waals surface area contributed by atoms with Gasteiger partial charge in [-0.1, -0.05) is 49.3 Å². The van der Waals surface area contributed by atoms with Crippen LogP contribution in [0.3, 0.4) is 0 Å². The lowest BCUT2D eigenvalue weighted by Gasteiger charge is -2.17. The number of carbonyl (C=O) groups is 1. The van der Waals surface area contributed by atoms with Crippen molar-refractivity contribution in [3.05, 3.63) is 82.2 Å². The monoisotopic (exact) mass is 392 g/mol. The van der Waals surface area contributed by atoms with E-state index in [0.717, 1.165) is 5.56 Å². The topological polar surface area (TPSA) is 111 Å². The number of hydrogen-bond donors (Lipinski definition) is 1. The maximum Gasteiger partial charge on any atom is 0.269 e. The second-order valence-electron chi connectivity index (χ2n) is 6.73. The van der Waals surface area contributed by atoms with E-state index in [1.807, 2.05) is 44.2 Å². The molecule has 1 heterocycles. The van der Waals surface area contributed by atoms with Gasteiger partial charge in [-0.3, -0.25) is 14.9 Å². The van der Waals surface area contributed by atoms with Gasteiger partial charge in [0.2, 0.25) is 17.6 Å². The Labute approximate surface area is 167 Å². The molecule has 0 saturated carbocycles. The molecular weight excluding hydrogens is 372 g/mol. The van der Waals surface area contributed by atoms with E-state index >= 15 is 0 Å². The normalized spacial score (nSPS) is 12.2. The van der Waals surface area contributed by atoms with Crippen LogP contribution in [0.1, 0.15) is 31.3 Å². The van der Waals surface area contributed by atoms with Gasteiger partial charge in [-0.2, -0.15) is 4.98 Å². The molecule has 1 amide bonds. The molecule has 0 radical (unpaired) electrons. The molecule has 0 bridgehead atoms. The van der Waals surface area contributed by atoms with Crippen molar-refractivity contribution in [3.8, 4) is 11.4 Å². The summed E-state index contributed by atoms with van der Waals surface area (Å²) in [7, 11) is 0. The van der Waals surface area contributed by atoms with Crippen LogP contribution in [0.25, 0.3) is 17.5 Å². The highest BCUT2D eigenvalue weighted by Gasteiger charge is 2.24. The second-order valence-corrected chi connectivity index (χ2v) is 6.73. The smallest absolute Gasteiger partial charge is 0.269 e. The molecule has 0 fully saturated rings. The van der Waals surface area contributed by atoms with Gasteiger partial charge in [0, 0.05) is 23.8 Å². The molecule has 1 aromatic heterocycles. The standard InChI is InChI=1S/C21H20N4O4/c1-14(2)19(22-18(26)13-8-15-6-4-3-5-7-15)21-23-20(24-29-21)16-9-11-17(12-10-16)25(27)28/h3-14,19H,1-2H3,(H,22,26)/b13-8+/t19-/m0/s1. The summed E-state index contributed by atoms with van der Waals surface area (Å²) in [6.45, 7) is 3.86. The summed E-state index contributed by atoms with van der Waals surface area (Å²) < 4.78 is 5.35. The fourth-order valence-electron chi connectivity index (χ4n) is 2.66. The zero-order valence-electron chi connectivity index (χ0n) is 16.0. The van der Waals surface area contributed by atoms with Crippen LogP contribution in [0.5, 0.6) is 0 Å². The Morgan fingerprint density at radius 2 is 1.83 bits per heavy atom. The van der Waals surface area contributed by atoms with E-state index in [-0.39, 0.29) is 23.4 Å². The first kappa shape index (κ1) is 19.9. The average Bonchev–Trinajstić information content (AvgIpc) is 3.21. The van der Waals surface area contributed by atoms with Crippen molar-refractivity contribution in [2.45, 2.75) is 19.9 Å². The molecule has 8 heteroatoms. The Morgan fingerprint density at radius 1 is 1.14 bits per heavy atom. The van der Waals surface area contributed by atoms with Gasteiger partial charge >= 0.3 is 0 Å². The summed E-state index contributed by atoms with van der Waals surface area (Å²) in [5.41, 5.74) is 1.49. The Balaban J connectivity index is 1.73. The maximum absolute atomic E-state index is 12.3. The third-order valence-electron chi connectivity index (χ3n) is 4.24. The summed E-state index contributed by atoms with van der Waals surface area (Å²) in [5, 5.41) is 17.6. The van der Waals surface area contributed by atoms with Gasteiger partial charge in [0.05, 0.1) is 4.92 Å². The number of nitro benzene ring substituents is 1. The molecule has 1 atom stereocenters. The zero-order chi connectivity index (χ0) is 20.8. The highest BCUT2D eigenvalue weighted by Crippen LogP contribution is 2.25. The summed E-state index contributed by atoms with van der Waals surface area (Å²) in [6, 6.07) is 14.9. The number of amides is 1. The Bertz CT molecular complexity index is 1010. The van der Waals surface area contributed by atoms with Gasteiger partial charge in [0.15, 0.2) is 0 Å². The van der Waals surface area contributed by atoms with Crippen LogP contribution >= 0.6 is 0 Å². The molecule has 0 aliphatic rings. The minimum Gasteiger partial charge on any atom is -0.340 e. The molecule has 2 aromatic carbocycles. The molecular formula is C21H20N4O4. The second kappa shape index (κ2) is 8.92. The molecule has 0 unspecified atom stereocenters. The third-order valence-corrected chi connectivity index (χ3v) is 4.24. The van der Waals surface area contributed by atoms with E-state index in [1.54, 1.807) is 18.2 Å². The summed E-state index contributed by atoms with van der Waals surface area (Å²) in [6.07, 6.45) is 3.18. The van der Waals surface area contributed by atoms with E-state index in [0.29, 0.717) is 11.4 Å². The van der Waals surface area contributed by atoms with Crippen LogP contribution in [0, 0.1) is 16.0 Å². The number of nitrogens with one attached hydrogen (secondary N) is 1. The van der Waals surface area contributed by atoms with Crippen molar-refractivity contribution in [1.82, 2.24) is 15.5 Å². The number of nitrogens with zero attached hydrogens (tertiary/aromatic N) is 3. The van der Waals surface area contributed by atoms with E-state index in [9.17, 15) is 14.9 Å². The number of nitro groups is 1. The number of non-ortho nitro benzene ring substituents is 1. The van der Waals surface area contributed by atoms with Gasteiger partial charge in [0.1, 0.15) is 6.04 Å². The van der Waals surface area contributed by atoms with Crippen molar-refractivity contribution >= 4 is 17.7 Å². The van der Waals surface area contributed by atoms with Crippen LogP contribution in [0.15, 0.2) is 65.2 Å². The SMILES string of the molecule is CC(C)[C@H](NC(=O)/C=C/c1ccccc1)c1nc(-c2ccc([N+](=O)[O-])cc2)no1. The predicted molar refractivity (Wildman–Crippen MR) is 108 cm³/mol. The molecule has 148 valence electrons. The van der Waals surface area contributed by atoms with Crippen LogP contribution < -0.4 is 5.32 Å². The fraction of sp³-hybridized carbons (Fsp3) is 0.190. The average molecular weight is 392 g/mol. The van der Waals surface area contributed by atoms with Crippen molar-refractivity contribution < 1.29 is 14.2 Å². The molecule has 3 aromatic rings. The number of rotatable bonds is 7. The number of hydrogen-bond acceptors (Lipinski definition) is 6. The van der Waals surface area contributed by atoms with Gasteiger partial charge < -0.3 is 9.84 Å². The van der Waals surface area contributed by atoms with Gasteiger partial charge in [-0.15, -0.1) is 0 Å². The lowest BCUT2D eigenvalue weighted by atomic mass is 10.0. The Morgan fingerprint density at radius 3 is 2.45 bits per heavy atom. The highest BCUT2D eigenvalue weighted by atomic mass is 16.6. The first-order valence-electron chi connectivity index (χ1n) is 9.06. The first-order valence-corrected chi connectivity index (χ1v) is 9.06. The van der Waals surface area contributed by atoms with Crippen LogP contribution in [-0.2, 0) is 4.79 Å². The molecule has 1 N–H and O–H groups in total. The molecule has 8 nitrogen and oxygen atoms in total. The van der Waals surface area contributed by atoms with Crippen molar-refractivity contribution in [1.29, 1.82) is 0 Å². The third kappa shape index (κ3) is 5.13. The van der Waals surface area contributed by atoms with E-state index in [1.165, 1.54) is 18.2 Å². The maximum atomic E-state index is 12.3.